The molecule has 1 aromatic carbocycles. The van der Waals surface area contributed by atoms with E-state index in [1.807, 2.05) is 0 Å². The summed E-state index contributed by atoms with van der Waals surface area (Å²) < 4.78 is 12.9. The van der Waals surface area contributed by atoms with Crippen LogP contribution >= 0.6 is 0 Å². The Morgan fingerprint density at radius 3 is 2.47 bits per heavy atom. The van der Waals surface area contributed by atoms with Crippen molar-refractivity contribution in [1.82, 2.24) is 0 Å². The zero-order chi connectivity index (χ0) is 12.3. The standard InChI is InChI=1S/C14H20FNO/c15-11-7-5-10(6-8-11)13(9-16)12-3-1-2-4-14(12)17/h5-8,12-14,17H,1-4,9,16H2/t12-,13+,14+/m1/s1. The van der Waals surface area contributed by atoms with Gasteiger partial charge in [-0.2, -0.15) is 0 Å². The fourth-order valence-corrected chi connectivity index (χ4v) is 2.88. The zero-order valence-electron chi connectivity index (χ0n) is 9.98. The van der Waals surface area contributed by atoms with Crippen LogP contribution < -0.4 is 5.73 Å². The van der Waals surface area contributed by atoms with Crippen LogP contribution in [0.5, 0.6) is 0 Å². The van der Waals surface area contributed by atoms with Crippen molar-refractivity contribution in [2.24, 2.45) is 11.7 Å². The second kappa shape index (κ2) is 5.61. The molecule has 0 radical (unpaired) electrons. The molecule has 0 bridgehead atoms. The average molecular weight is 237 g/mol. The molecule has 2 nitrogen and oxygen atoms in total. The molecule has 0 aromatic heterocycles. The van der Waals surface area contributed by atoms with Crippen LogP contribution in [0.1, 0.15) is 37.2 Å². The molecule has 1 aliphatic rings. The predicted octanol–water partition coefficient (Wildman–Crippen LogP) is 2.42. The van der Waals surface area contributed by atoms with Gasteiger partial charge in [-0.15, -0.1) is 0 Å². The third kappa shape index (κ3) is 2.85. The highest BCUT2D eigenvalue weighted by atomic mass is 19.1. The van der Waals surface area contributed by atoms with Crippen LogP contribution in [0.4, 0.5) is 4.39 Å². The lowest BCUT2D eigenvalue weighted by molar-refractivity contribution is 0.0561. The number of nitrogens with two attached hydrogens (primary N) is 1. The lowest BCUT2D eigenvalue weighted by Crippen LogP contribution is -2.33. The van der Waals surface area contributed by atoms with Crippen LogP contribution in [0, 0.1) is 11.7 Å². The first kappa shape index (κ1) is 12.5. The fraction of sp³-hybridized carbons (Fsp3) is 0.571. The van der Waals surface area contributed by atoms with Gasteiger partial charge in [0, 0.05) is 5.92 Å². The topological polar surface area (TPSA) is 46.2 Å². The van der Waals surface area contributed by atoms with Gasteiger partial charge in [0.15, 0.2) is 0 Å². The van der Waals surface area contributed by atoms with Crippen LogP contribution in [0.15, 0.2) is 24.3 Å². The van der Waals surface area contributed by atoms with E-state index in [2.05, 4.69) is 0 Å². The molecule has 0 aliphatic heterocycles. The number of hydrogen-bond acceptors (Lipinski definition) is 2. The first-order chi connectivity index (χ1) is 8.22. The lowest BCUT2D eigenvalue weighted by atomic mass is 9.75. The van der Waals surface area contributed by atoms with Gasteiger partial charge in [-0.25, -0.2) is 4.39 Å². The van der Waals surface area contributed by atoms with Gasteiger partial charge in [-0.1, -0.05) is 25.0 Å². The number of aliphatic hydroxyl groups excluding tert-OH is 1. The number of halogens is 1. The Hall–Kier alpha value is -0.930. The molecule has 1 aromatic rings. The maximum atomic E-state index is 12.9. The highest BCUT2D eigenvalue weighted by molar-refractivity contribution is 5.22. The summed E-state index contributed by atoms with van der Waals surface area (Å²) in [7, 11) is 0. The lowest BCUT2D eigenvalue weighted by Gasteiger charge is -2.34. The van der Waals surface area contributed by atoms with E-state index in [1.165, 1.54) is 12.1 Å². The largest absolute Gasteiger partial charge is 0.393 e. The minimum absolute atomic E-state index is 0.144. The maximum Gasteiger partial charge on any atom is 0.123 e. The van der Waals surface area contributed by atoms with Crippen molar-refractivity contribution in [3.05, 3.63) is 35.6 Å². The van der Waals surface area contributed by atoms with Crippen molar-refractivity contribution in [2.45, 2.75) is 37.7 Å². The number of rotatable bonds is 3. The highest BCUT2D eigenvalue weighted by Crippen LogP contribution is 2.35. The van der Waals surface area contributed by atoms with Crippen LogP contribution in [0.3, 0.4) is 0 Å². The molecule has 0 spiro atoms. The van der Waals surface area contributed by atoms with E-state index in [0.717, 1.165) is 31.2 Å². The monoisotopic (exact) mass is 237 g/mol. The zero-order valence-corrected chi connectivity index (χ0v) is 9.98. The number of aliphatic hydroxyl groups is 1. The summed E-state index contributed by atoms with van der Waals surface area (Å²) in [6.45, 7) is 0.507. The van der Waals surface area contributed by atoms with Crippen molar-refractivity contribution < 1.29 is 9.50 Å². The molecule has 1 fully saturated rings. The third-order valence-electron chi connectivity index (χ3n) is 3.85. The number of benzene rings is 1. The third-order valence-corrected chi connectivity index (χ3v) is 3.85. The Kier molecular flexibility index (Phi) is 4.13. The molecule has 1 aliphatic carbocycles. The molecule has 3 atom stereocenters. The highest BCUT2D eigenvalue weighted by Gasteiger charge is 2.30. The van der Waals surface area contributed by atoms with Crippen molar-refractivity contribution in [1.29, 1.82) is 0 Å². The van der Waals surface area contributed by atoms with E-state index in [9.17, 15) is 9.50 Å². The molecule has 2 rings (SSSR count). The number of hydrogen-bond donors (Lipinski definition) is 2. The van der Waals surface area contributed by atoms with E-state index in [0.29, 0.717) is 6.54 Å². The molecule has 0 heterocycles. The van der Waals surface area contributed by atoms with Gasteiger partial charge in [0.2, 0.25) is 0 Å². The molecular weight excluding hydrogens is 217 g/mol. The second-order valence-electron chi connectivity index (χ2n) is 4.91. The summed E-state index contributed by atoms with van der Waals surface area (Å²) >= 11 is 0. The summed E-state index contributed by atoms with van der Waals surface area (Å²) in [5, 5.41) is 10.1. The summed E-state index contributed by atoms with van der Waals surface area (Å²) in [5.74, 6) is 0.138. The van der Waals surface area contributed by atoms with Crippen LogP contribution in [0.2, 0.25) is 0 Å². The Balaban J connectivity index is 2.17. The van der Waals surface area contributed by atoms with Crippen molar-refractivity contribution in [3.8, 4) is 0 Å². The Morgan fingerprint density at radius 2 is 1.88 bits per heavy atom. The summed E-state index contributed by atoms with van der Waals surface area (Å²) in [5.41, 5.74) is 6.87. The maximum absolute atomic E-state index is 12.9. The van der Waals surface area contributed by atoms with Crippen molar-refractivity contribution in [2.75, 3.05) is 6.54 Å². The Morgan fingerprint density at radius 1 is 1.24 bits per heavy atom. The molecule has 0 unspecified atom stereocenters. The molecule has 3 N–H and O–H groups in total. The molecule has 94 valence electrons. The minimum Gasteiger partial charge on any atom is -0.393 e. The van der Waals surface area contributed by atoms with Gasteiger partial charge in [0.05, 0.1) is 6.10 Å². The van der Waals surface area contributed by atoms with Gasteiger partial charge in [-0.05, 0) is 43.0 Å². The minimum atomic E-state index is -0.262. The average Bonchev–Trinajstić information content (AvgIpc) is 2.35. The molecule has 17 heavy (non-hydrogen) atoms. The first-order valence-corrected chi connectivity index (χ1v) is 6.36. The SMILES string of the molecule is NC[C@@H](c1ccc(F)cc1)[C@H]1CCCC[C@@H]1O. The second-order valence-corrected chi connectivity index (χ2v) is 4.91. The predicted molar refractivity (Wildman–Crippen MR) is 66.2 cm³/mol. The van der Waals surface area contributed by atoms with E-state index < -0.39 is 0 Å². The quantitative estimate of drug-likeness (QED) is 0.848. The van der Waals surface area contributed by atoms with E-state index >= 15 is 0 Å². The Bertz CT molecular complexity index is 352. The van der Waals surface area contributed by atoms with Gasteiger partial charge in [0.25, 0.3) is 0 Å². The van der Waals surface area contributed by atoms with Crippen LogP contribution in [-0.4, -0.2) is 17.8 Å². The van der Waals surface area contributed by atoms with Gasteiger partial charge in [0.1, 0.15) is 5.82 Å². The van der Waals surface area contributed by atoms with E-state index in [4.69, 9.17) is 5.73 Å². The summed E-state index contributed by atoms with van der Waals surface area (Å²) in [6, 6.07) is 6.50. The van der Waals surface area contributed by atoms with E-state index in [-0.39, 0.29) is 23.8 Å². The summed E-state index contributed by atoms with van der Waals surface area (Å²) in [6.07, 6.45) is 3.86. The van der Waals surface area contributed by atoms with Crippen molar-refractivity contribution >= 4 is 0 Å². The van der Waals surface area contributed by atoms with Gasteiger partial charge in [-0.3, -0.25) is 0 Å². The molecule has 1 saturated carbocycles. The van der Waals surface area contributed by atoms with Gasteiger partial charge < -0.3 is 10.8 Å². The van der Waals surface area contributed by atoms with Gasteiger partial charge >= 0.3 is 0 Å². The molecule has 0 saturated heterocycles. The molecular formula is C14H20FNO. The van der Waals surface area contributed by atoms with E-state index in [1.54, 1.807) is 12.1 Å². The smallest absolute Gasteiger partial charge is 0.123 e. The fourth-order valence-electron chi connectivity index (χ4n) is 2.88. The van der Waals surface area contributed by atoms with Crippen molar-refractivity contribution in [3.63, 3.8) is 0 Å². The molecule has 3 heteroatoms. The van der Waals surface area contributed by atoms with Crippen LogP contribution in [-0.2, 0) is 0 Å². The first-order valence-electron chi connectivity index (χ1n) is 6.36. The normalized spacial score (nSPS) is 26.8. The molecule has 0 amide bonds. The summed E-state index contributed by atoms with van der Waals surface area (Å²) in [4.78, 5) is 0. The van der Waals surface area contributed by atoms with Crippen LogP contribution in [0.25, 0.3) is 0 Å². The Labute approximate surface area is 102 Å².